The molecule has 0 aliphatic rings. The molecule has 2 aromatic carbocycles. The Morgan fingerprint density at radius 1 is 0.900 bits per heavy atom. The molecule has 0 fully saturated rings. The second kappa shape index (κ2) is 8.08. The summed E-state index contributed by atoms with van der Waals surface area (Å²) in [4.78, 5) is 27.8. The summed E-state index contributed by atoms with van der Waals surface area (Å²) in [5, 5.41) is 4.66. The lowest BCUT2D eigenvalue weighted by molar-refractivity contribution is 0.0844. The third-order valence-corrected chi connectivity index (χ3v) is 4.89. The van der Waals surface area contributed by atoms with Crippen molar-refractivity contribution >= 4 is 11.8 Å². The minimum atomic E-state index is -0.453. The molecule has 0 radical (unpaired) electrons. The van der Waals surface area contributed by atoms with Gasteiger partial charge in [0.25, 0.3) is 11.8 Å². The van der Waals surface area contributed by atoms with Gasteiger partial charge < -0.3 is 4.98 Å². The van der Waals surface area contributed by atoms with E-state index < -0.39 is 11.8 Å². The van der Waals surface area contributed by atoms with E-state index >= 15 is 0 Å². The first-order valence-electron chi connectivity index (χ1n) is 9.50. The minimum Gasteiger partial charge on any atom is -0.357 e. The van der Waals surface area contributed by atoms with Crippen LogP contribution in [0, 0.1) is 13.8 Å². The molecule has 0 saturated carbocycles. The number of hydrogen-bond acceptors (Lipinski definition) is 3. The summed E-state index contributed by atoms with van der Waals surface area (Å²) in [5.74, 6) is -0.887. The molecule has 2 amide bonds. The van der Waals surface area contributed by atoms with Crippen molar-refractivity contribution < 1.29 is 9.59 Å². The van der Waals surface area contributed by atoms with E-state index in [2.05, 4.69) is 20.9 Å². The number of aromatic amines is 1. The third-order valence-electron chi connectivity index (χ3n) is 4.89. The van der Waals surface area contributed by atoms with Crippen molar-refractivity contribution in [2.45, 2.75) is 13.8 Å². The zero-order valence-electron chi connectivity index (χ0n) is 16.6. The van der Waals surface area contributed by atoms with E-state index in [9.17, 15) is 9.59 Å². The molecule has 0 atom stereocenters. The van der Waals surface area contributed by atoms with Gasteiger partial charge in [0.1, 0.15) is 11.4 Å². The zero-order valence-corrected chi connectivity index (χ0v) is 16.6. The van der Waals surface area contributed by atoms with Gasteiger partial charge in [0.15, 0.2) is 0 Å². The van der Waals surface area contributed by atoms with Crippen LogP contribution in [-0.2, 0) is 0 Å². The van der Waals surface area contributed by atoms with Crippen LogP contribution in [0.1, 0.15) is 32.0 Å². The van der Waals surface area contributed by atoms with Crippen LogP contribution >= 0.6 is 0 Å². The maximum atomic E-state index is 12.9. The second-order valence-electron chi connectivity index (χ2n) is 6.96. The van der Waals surface area contributed by atoms with Crippen LogP contribution in [0.15, 0.2) is 73.1 Å². The van der Waals surface area contributed by atoms with Crippen LogP contribution in [0.4, 0.5) is 0 Å². The van der Waals surface area contributed by atoms with E-state index in [4.69, 9.17) is 0 Å². The van der Waals surface area contributed by atoms with E-state index in [0.717, 1.165) is 22.4 Å². The molecule has 0 saturated heterocycles. The lowest BCUT2D eigenvalue weighted by atomic mass is 10.0. The highest BCUT2D eigenvalue weighted by Gasteiger charge is 2.20. The van der Waals surface area contributed by atoms with E-state index in [0.29, 0.717) is 17.0 Å². The number of nitrogens with one attached hydrogen (secondary N) is 3. The topological polar surface area (TPSA) is 91.8 Å². The number of hydrogen-bond donors (Lipinski definition) is 3. The Hall–Kier alpha value is -4.13. The number of amides is 2. The highest BCUT2D eigenvalue weighted by molar-refractivity contribution is 6.02. The summed E-state index contributed by atoms with van der Waals surface area (Å²) in [6, 6.07) is 18.8. The SMILES string of the molecule is Cc1ccc(-c2nn(-c3ccccc3)cc2C(=O)NNC(=O)c2ccc[nH]2)cc1C. The number of aryl methyl sites for hydroxylation is 2. The summed E-state index contributed by atoms with van der Waals surface area (Å²) in [7, 11) is 0. The fourth-order valence-electron chi connectivity index (χ4n) is 3.07. The molecule has 30 heavy (non-hydrogen) atoms. The summed E-state index contributed by atoms with van der Waals surface area (Å²) in [5.41, 5.74) is 10.1. The number of aromatic nitrogens is 3. The average Bonchev–Trinajstić information content (AvgIpc) is 3.45. The average molecular weight is 399 g/mol. The molecule has 4 rings (SSSR count). The molecule has 150 valence electrons. The van der Waals surface area contributed by atoms with Crippen molar-refractivity contribution in [3.63, 3.8) is 0 Å². The molecule has 4 aromatic rings. The fraction of sp³-hybridized carbons (Fsp3) is 0.0870. The van der Waals surface area contributed by atoms with Crippen LogP contribution in [0.3, 0.4) is 0 Å². The molecule has 0 spiro atoms. The van der Waals surface area contributed by atoms with Gasteiger partial charge in [0.05, 0.1) is 11.3 Å². The van der Waals surface area contributed by atoms with Gasteiger partial charge in [-0.1, -0.05) is 30.3 Å². The number of hydrazine groups is 1. The Labute approximate surface area is 173 Å². The number of H-pyrrole nitrogens is 1. The lowest BCUT2D eigenvalue weighted by Crippen LogP contribution is -2.41. The molecule has 2 heterocycles. The Morgan fingerprint density at radius 3 is 2.37 bits per heavy atom. The van der Waals surface area contributed by atoms with Crippen LogP contribution in [-0.4, -0.2) is 26.6 Å². The standard InChI is InChI=1S/C23H21N5O2/c1-15-10-11-17(13-16(15)2)21-19(14-28(27-21)18-7-4-3-5-8-18)22(29)25-26-23(30)20-9-6-12-24-20/h3-14,24H,1-2H3,(H,25,29)(H,26,30). The molecule has 3 N–H and O–H groups in total. The van der Waals surface area contributed by atoms with Crippen molar-refractivity contribution in [1.82, 2.24) is 25.6 Å². The van der Waals surface area contributed by atoms with Crippen molar-refractivity contribution in [2.24, 2.45) is 0 Å². The molecule has 0 aliphatic heterocycles. The normalized spacial score (nSPS) is 10.6. The summed E-state index contributed by atoms with van der Waals surface area (Å²) < 4.78 is 1.66. The maximum Gasteiger partial charge on any atom is 0.286 e. The van der Waals surface area contributed by atoms with E-state index in [1.165, 1.54) is 0 Å². The summed E-state index contributed by atoms with van der Waals surface area (Å²) in [6.45, 7) is 4.05. The highest BCUT2D eigenvalue weighted by atomic mass is 16.2. The number of nitrogens with zero attached hydrogens (tertiary/aromatic N) is 2. The van der Waals surface area contributed by atoms with E-state index in [1.54, 1.807) is 29.2 Å². The van der Waals surface area contributed by atoms with Crippen molar-refractivity contribution in [1.29, 1.82) is 0 Å². The summed E-state index contributed by atoms with van der Waals surface area (Å²) in [6.07, 6.45) is 3.30. The molecular weight excluding hydrogens is 378 g/mol. The maximum absolute atomic E-state index is 12.9. The highest BCUT2D eigenvalue weighted by Crippen LogP contribution is 2.25. The molecular formula is C23H21N5O2. The molecule has 7 heteroatoms. The van der Waals surface area contributed by atoms with Crippen LogP contribution < -0.4 is 10.9 Å². The quantitative estimate of drug-likeness (QED) is 0.458. The zero-order chi connectivity index (χ0) is 21.1. The molecule has 0 aliphatic carbocycles. The van der Waals surface area contributed by atoms with Crippen molar-refractivity contribution in [3.05, 3.63) is 95.4 Å². The fourth-order valence-corrected chi connectivity index (χ4v) is 3.07. The Balaban J connectivity index is 1.67. The van der Waals surface area contributed by atoms with Crippen LogP contribution in [0.2, 0.25) is 0 Å². The number of carbonyl (C=O) groups is 2. The molecule has 0 bridgehead atoms. The Morgan fingerprint density at radius 2 is 1.67 bits per heavy atom. The first-order chi connectivity index (χ1) is 14.5. The predicted octanol–water partition coefficient (Wildman–Crippen LogP) is 3.56. The number of rotatable bonds is 4. The van der Waals surface area contributed by atoms with Crippen LogP contribution in [0.5, 0.6) is 0 Å². The monoisotopic (exact) mass is 399 g/mol. The Bertz CT molecular complexity index is 1190. The first kappa shape index (κ1) is 19.2. The number of benzene rings is 2. The molecule has 0 unspecified atom stereocenters. The molecule has 2 aromatic heterocycles. The van der Waals surface area contributed by atoms with Gasteiger partial charge in [-0.05, 0) is 55.3 Å². The Kier molecular flexibility index (Phi) is 5.17. The van der Waals surface area contributed by atoms with Gasteiger partial charge in [-0.25, -0.2) is 4.68 Å². The largest absolute Gasteiger partial charge is 0.357 e. The molecule has 7 nitrogen and oxygen atoms in total. The first-order valence-corrected chi connectivity index (χ1v) is 9.50. The van der Waals surface area contributed by atoms with Crippen molar-refractivity contribution in [2.75, 3.05) is 0 Å². The van der Waals surface area contributed by atoms with Gasteiger partial charge in [-0.15, -0.1) is 0 Å². The van der Waals surface area contributed by atoms with Gasteiger partial charge in [-0.3, -0.25) is 20.4 Å². The second-order valence-corrected chi connectivity index (χ2v) is 6.96. The predicted molar refractivity (Wildman–Crippen MR) is 114 cm³/mol. The number of para-hydroxylation sites is 1. The van der Waals surface area contributed by atoms with Gasteiger partial charge in [-0.2, -0.15) is 5.10 Å². The third kappa shape index (κ3) is 3.86. The van der Waals surface area contributed by atoms with E-state index in [-0.39, 0.29) is 0 Å². The number of carbonyl (C=O) groups excluding carboxylic acids is 2. The smallest absolute Gasteiger partial charge is 0.286 e. The lowest BCUT2D eigenvalue weighted by Gasteiger charge is -2.07. The van der Waals surface area contributed by atoms with Gasteiger partial charge in [0.2, 0.25) is 0 Å². The van der Waals surface area contributed by atoms with Crippen molar-refractivity contribution in [3.8, 4) is 16.9 Å². The minimum absolute atomic E-state index is 0.352. The van der Waals surface area contributed by atoms with Gasteiger partial charge in [0, 0.05) is 18.0 Å². The summed E-state index contributed by atoms with van der Waals surface area (Å²) >= 11 is 0. The van der Waals surface area contributed by atoms with E-state index in [1.807, 2.05) is 62.4 Å². The van der Waals surface area contributed by atoms with Crippen LogP contribution in [0.25, 0.3) is 16.9 Å². The van der Waals surface area contributed by atoms with Gasteiger partial charge >= 0.3 is 0 Å².